The Morgan fingerprint density at radius 2 is 1.80 bits per heavy atom. The van der Waals surface area contributed by atoms with E-state index in [1.54, 1.807) is 24.3 Å². The van der Waals surface area contributed by atoms with Crippen molar-refractivity contribution in [3.8, 4) is 6.07 Å². The molecule has 1 aliphatic rings. The van der Waals surface area contributed by atoms with Gasteiger partial charge in [0.05, 0.1) is 0 Å². The first-order valence-corrected chi connectivity index (χ1v) is 7.88. The van der Waals surface area contributed by atoms with Gasteiger partial charge >= 0.3 is 0 Å². The summed E-state index contributed by atoms with van der Waals surface area (Å²) >= 11 is 0. The van der Waals surface area contributed by atoms with E-state index in [-0.39, 0.29) is 5.57 Å². The molecule has 122 valence electrons. The molecule has 2 aromatic carbocycles. The van der Waals surface area contributed by atoms with Crippen LogP contribution in [0.1, 0.15) is 5.56 Å². The third-order valence-corrected chi connectivity index (χ3v) is 3.94. The molecule has 1 N–H and O–H groups in total. The van der Waals surface area contributed by atoms with Gasteiger partial charge < -0.3 is 10.2 Å². The summed E-state index contributed by atoms with van der Waals surface area (Å²) in [5.41, 5.74) is 3.83. The highest BCUT2D eigenvalue weighted by Gasteiger charge is 2.13. The van der Waals surface area contributed by atoms with E-state index in [1.807, 2.05) is 72.6 Å². The fourth-order valence-corrected chi connectivity index (χ4v) is 2.58. The summed E-state index contributed by atoms with van der Waals surface area (Å²) in [4.78, 5) is 14.3. The third-order valence-electron chi connectivity index (χ3n) is 3.94. The molecule has 2 aromatic rings. The zero-order valence-corrected chi connectivity index (χ0v) is 13.8. The number of nitrogens with one attached hydrogen (secondary N) is 1. The predicted molar refractivity (Wildman–Crippen MR) is 101 cm³/mol. The summed E-state index contributed by atoms with van der Waals surface area (Å²) in [7, 11) is 1.96. The third kappa shape index (κ3) is 3.67. The quantitative estimate of drug-likeness (QED) is 0.681. The van der Waals surface area contributed by atoms with E-state index in [0.717, 1.165) is 16.9 Å². The Hall–Kier alpha value is -3.58. The van der Waals surface area contributed by atoms with Crippen LogP contribution in [-0.2, 0) is 4.79 Å². The second-order valence-electron chi connectivity index (χ2n) is 5.55. The monoisotopic (exact) mass is 327 g/mol. The molecule has 0 fully saturated rings. The molecule has 0 unspecified atom stereocenters. The van der Waals surface area contributed by atoms with Crippen LogP contribution in [0.2, 0.25) is 0 Å². The summed E-state index contributed by atoms with van der Waals surface area (Å²) < 4.78 is 0. The van der Waals surface area contributed by atoms with Gasteiger partial charge in [0.15, 0.2) is 0 Å². The molecule has 0 radical (unpaired) electrons. The molecule has 25 heavy (non-hydrogen) atoms. The maximum atomic E-state index is 12.2. The minimum absolute atomic E-state index is 0.0528. The van der Waals surface area contributed by atoms with Crippen LogP contribution < -0.4 is 10.2 Å². The summed E-state index contributed by atoms with van der Waals surface area (Å²) in [6, 6.07) is 19.1. The Labute approximate surface area is 147 Å². The van der Waals surface area contributed by atoms with Crippen LogP contribution in [0, 0.1) is 11.3 Å². The first-order valence-electron chi connectivity index (χ1n) is 7.88. The first-order chi connectivity index (χ1) is 12.2. The van der Waals surface area contributed by atoms with Gasteiger partial charge in [0, 0.05) is 24.1 Å². The zero-order chi connectivity index (χ0) is 17.6. The van der Waals surface area contributed by atoms with Gasteiger partial charge in [-0.2, -0.15) is 5.26 Å². The van der Waals surface area contributed by atoms with Gasteiger partial charge in [-0.1, -0.05) is 42.5 Å². The standard InChI is InChI=1S/C21H17N3O/c1-24-19(13-11-16-7-5-6-10-20(16)24)14-12-17(15-22)21(25)23-18-8-3-2-4-9-18/h2-14H,1H3,(H,23,25)/b17-12-,19-14-. The van der Waals surface area contributed by atoms with Crippen molar-refractivity contribution in [3.05, 3.63) is 89.7 Å². The van der Waals surface area contributed by atoms with Crippen LogP contribution >= 0.6 is 0 Å². The van der Waals surface area contributed by atoms with Crippen LogP contribution in [0.3, 0.4) is 0 Å². The Kier molecular flexibility index (Phi) is 4.77. The highest BCUT2D eigenvalue weighted by molar-refractivity contribution is 6.06. The van der Waals surface area contributed by atoms with Crippen molar-refractivity contribution in [2.24, 2.45) is 0 Å². The predicted octanol–water partition coefficient (Wildman–Crippen LogP) is 4.12. The van der Waals surface area contributed by atoms with Crippen LogP contribution in [0.15, 0.2) is 84.1 Å². The second-order valence-corrected chi connectivity index (χ2v) is 5.55. The Balaban J connectivity index is 1.81. The highest BCUT2D eigenvalue weighted by atomic mass is 16.1. The first kappa shape index (κ1) is 16.3. The molecule has 1 aliphatic heterocycles. The van der Waals surface area contributed by atoms with E-state index < -0.39 is 5.91 Å². The average Bonchev–Trinajstić information content (AvgIpc) is 2.65. The van der Waals surface area contributed by atoms with Crippen molar-refractivity contribution in [3.63, 3.8) is 0 Å². The molecule has 3 rings (SSSR count). The van der Waals surface area contributed by atoms with Crippen molar-refractivity contribution >= 4 is 23.4 Å². The maximum absolute atomic E-state index is 12.2. The molecule has 1 amide bonds. The van der Waals surface area contributed by atoms with Crippen LogP contribution in [0.25, 0.3) is 6.08 Å². The maximum Gasteiger partial charge on any atom is 0.266 e. The smallest absolute Gasteiger partial charge is 0.266 e. The summed E-state index contributed by atoms with van der Waals surface area (Å²) in [5.74, 6) is -0.423. The van der Waals surface area contributed by atoms with E-state index in [9.17, 15) is 10.1 Å². The normalized spacial score (nSPS) is 14.8. The lowest BCUT2D eigenvalue weighted by molar-refractivity contribution is -0.112. The van der Waals surface area contributed by atoms with E-state index in [4.69, 9.17) is 0 Å². The molecule has 4 nitrogen and oxygen atoms in total. The Morgan fingerprint density at radius 1 is 1.08 bits per heavy atom. The number of benzene rings is 2. The van der Waals surface area contributed by atoms with E-state index in [1.165, 1.54) is 0 Å². The number of rotatable bonds is 3. The molecular weight excluding hydrogens is 310 g/mol. The lowest BCUT2D eigenvalue weighted by Crippen LogP contribution is -2.18. The molecule has 0 atom stereocenters. The van der Waals surface area contributed by atoms with E-state index in [0.29, 0.717) is 5.69 Å². The minimum Gasteiger partial charge on any atom is -0.344 e. The van der Waals surface area contributed by atoms with Gasteiger partial charge in [-0.25, -0.2) is 0 Å². The number of allylic oxidation sites excluding steroid dienone is 3. The minimum atomic E-state index is -0.423. The number of hydrogen-bond acceptors (Lipinski definition) is 3. The highest BCUT2D eigenvalue weighted by Crippen LogP contribution is 2.29. The van der Waals surface area contributed by atoms with Crippen LogP contribution in [0.5, 0.6) is 0 Å². The van der Waals surface area contributed by atoms with Crippen LogP contribution in [0.4, 0.5) is 11.4 Å². The van der Waals surface area contributed by atoms with Crippen molar-refractivity contribution in [2.45, 2.75) is 0 Å². The fraction of sp³-hybridized carbons (Fsp3) is 0.0476. The molecule has 0 spiro atoms. The number of nitrogens with zero attached hydrogens (tertiary/aromatic N) is 2. The van der Waals surface area contributed by atoms with Crippen molar-refractivity contribution in [2.75, 3.05) is 17.3 Å². The number of para-hydroxylation sites is 2. The van der Waals surface area contributed by atoms with Gasteiger partial charge in [0.2, 0.25) is 0 Å². The molecule has 1 heterocycles. The number of likely N-dealkylation sites (N-methyl/N-ethyl adjacent to an activating group) is 1. The van der Waals surface area contributed by atoms with Gasteiger partial charge in [0.25, 0.3) is 5.91 Å². The van der Waals surface area contributed by atoms with Gasteiger partial charge in [-0.05, 0) is 42.0 Å². The van der Waals surface area contributed by atoms with E-state index >= 15 is 0 Å². The molecule has 4 heteroatoms. The lowest BCUT2D eigenvalue weighted by Gasteiger charge is -2.26. The van der Waals surface area contributed by atoms with Gasteiger partial charge in [0.1, 0.15) is 11.6 Å². The topological polar surface area (TPSA) is 56.1 Å². The Bertz CT molecular complexity index is 918. The average molecular weight is 327 g/mol. The number of fused-ring (bicyclic) bond motifs is 1. The van der Waals surface area contributed by atoms with E-state index in [2.05, 4.69) is 5.32 Å². The molecule has 0 bridgehead atoms. The molecule has 0 saturated carbocycles. The summed E-state index contributed by atoms with van der Waals surface area (Å²) in [6.45, 7) is 0. The van der Waals surface area contributed by atoms with Crippen molar-refractivity contribution in [1.29, 1.82) is 5.26 Å². The number of carbonyl (C=O) groups excluding carboxylic acids is 1. The largest absolute Gasteiger partial charge is 0.344 e. The number of hydrogen-bond donors (Lipinski definition) is 1. The fourth-order valence-electron chi connectivity index (χ4n) is 2.58. The Morgan fingerprint density at radius 3 is 2.56 bits per heavy atom. The SMILES string of the molecule is CN1/C(=C\C=C(\C#N)C(=O)Nc2ccccc2)C=Cc2ccccc21. The number of anilines is 2. The number of amides is 1. The molecule has 0 saturated heterocycles. The van der Waals surface area contributed by atoms with Gasteiger partial charge in [-0.15, -0.1) is 0 Å². The summed E-state index contributed by atoms with van der Waals surface area (Å²) in [6.07, 6.45) is 7.30. The molecular formula is C21H17N3O. The van der Waals surface area contributed by atoms with Gasteiger partial charge in [-0.3, -0.25) is 4.79 Å². The van der Waals surface area contributed by atoms with Crippen LogP contribution in [-0.4, -0.2) is 13.0 Å². The number of carbonyl (C=O) groups is 1. The lowest BCUT2D eigenvalue weighted by atomic mass is 10.1. The zero-order valence-electron chi connectivity index (χ0n) is 13.8. The molecule has 0 aromatic heterocycles. The van der Waals surface area contributed by atoms with Crippen molar-refractivity contribution < 1.29 is 4.79 Å². The van der Waals surface area contributed by atoms with Crippen molar-refractivity contribution in [1.82, 2.24) is 0 Å². The number of nitriles is 1. The summed E-state index contributed by atoms with van der Waals surface area (Å²) in [5, 5.41) is 12.0. The second kappa shape index (κ2) is 7.33. The molecule has 0 aliphatic carbocycles.